The van der Waals surface area contributed by atoms with Crippen LogP contribution in [0.2, 0.25) is 0 Å². The first-order valence-corrected chi connectivity index (χ1v) is 11.1. The molecule has 168 valence electrons. The van der Waals surface area contributed by atoms with Crippen molar-refractivity contribution in [2.24, 2.45) is 0 Å². The van der Waals surface area contributed by atoms with E-state index in [-0.39, 0.29) is 6.04 Å². The second-order valence-electron chi connectivity index (χ2n) is 7.16. The highest BCUT2D eigenvalue weighted by Crippen LogP contribution is 2.33. The molecule has 0 radical (unpaired) electrons. The minimum Gasteiger partial charge on any atom is -0.352 e. The number of carbonyl (C=O) groups excluding carboxylic acids is 1. The van der Waals surface area contributed by atoms with Gasteiger partial charge >= 0.3 is 6.18 Å². The van der Waals surface area contributed by atoms with Gasteiger partial charge in [-0.15, -0.1) is 0 Å². The molecule has 8 nitrogen and oxygen atoms in total. The van der Waals surface area contributed by atoms with Crippen LogP contribution >= 0.6 is 0 Å². The summed E-state index contributed by atoms with van der Waals surface area (Å²) in [5, 5.41) is 2.75. The van der Waals surface area contributed by atoms with E-state index in [1.165, 1.54) is 13.0 Å². The van der Waals surface area contributed by atoms with Crippen LogP contribution in [0.15, 0.2) is 47.6 Å². The molecular weight excluding hydrogens is 435 g/mol. The predicted molar refractivity (Wildman–Crippen MR) is 107 cm³/mol. The quantitative estimate of drug-likeness (QED) is 0.687. The summed E-state index contributed by atoms with van der Waals surface area (Å²) in [5.74, 6) is -0.0146. The van der Waals surface area contributed by atoms with Crippen molar-refractivity contribution in [3.8, 4) is 0 Å². The Kier molecular flexibility index (Phi) is 6.80. The van der Waals surface area contributed by atoms with Gasteiger partial charge in [0.2, 0.25) is 21.9 Å². The molecule has 2 N–H and O–H groups in total. The fourth-order valence-corrected chi connectivity index (χ4v) is 4.72. The molecule has 1 fully saturated rings. The normalized spacial score (nSPS) is 16.7. The summed E-state index contributed by atoms with van der Waals surface area (Å²) >= 11 is 0. The van der Waals surface area contributed by atoms with Crippen molar-refractivity contribution >= 4 is 21.9 Å². The summed E-state index contributed by atoms with van der Waals surface area (Å²) in [7, 11) is -4.56. The molecule has 3 rings (SSSR count). The molecule has 1 aliphatic rings. The van der Waals surface area contributed by atoms with Gasteiger partial charge in [0.25, 0.3) is 0 Å². The van der Waals surface area contributed by atoms with Gasteiger partial charge in [-0.05, 0) is 38.0 Å². The highest BCUT2D eigenvalue weighted by atomic mass is 32.2. The number of nitrogens with one attached hydrogen (secondary N) is 2. The zero-order valence-electron chi connectivity index (χ0n) is 16.6. The maximum absolute atomic E-state index is 13.2. The Morgan fingerprint density at radius 2 is 1.74 bits per heavy atom. The first kappa shape index (κ1) is 22.9. The SMILES string of the molecule is C[C@H](NS(=O)(=O)c1ccccc1C(F)(F)F)C(=O)NC1CCN(c2ncccn2)CC1. The van der Waals surface area contributed by atoms with Crippen molar-refractivity contribution in [1.82, 2.24) is 20.0 Å². The van der Waals surface area contributed by atoms with E-state index in [9.17, 15) is 26.4 Å². The van der Waals surface area contributed by atoms with Crippen molar-refractivity contribution in [1.29, 1.82) is 0 Å². The summed E-state index contributed by atoms with van der Waals surface area (Å²) in [5.41, 5.74) is -1.29. The van der Waals surface area contributed by atoms with Crippen molar-refractivity contribution in [2.75, 3.05) is 18.0 Å². The monoisotopic (exact) mass is 457 g/mol. The largest absolute Gasteiger partial charge is 0.417 e. The number of anilines is 1. The Morgan fingerprint density at radius 1 is 1.13 bits per heavy atom. The molecule has 1 atom stereocenters. The number of alkyl halides is 3. The minimum absolute atomic E-state index is 0.193. The number of rotatable bonds is 6. The average Bonchev–Trinajstić information content (AvgIpc) is 2.74. The lowest BCUT2D eigenvalue weighted by Crippen LogP contribution is -2.51. The molecule has 1 aromatic carbocycles. The van der Waals surface area contributed by atoms with E-state index in [0.717, 1.165) is 12.1 Å². The molecule has 12 heteroatoms. The Morgan fingerprint density at radius 3 is 2.35 bits per heavy atom. The Bertz CT molecular complexity index is 1010. The van der Waals surface area contributed by atoms with E-state index in [4.69, 9.17) is 0 Å². The number of amides is 1. The number of aromatic nitrogens is 2. The number of benzene rings is 1. The van der Waals surface area contributed by atoms with Crippen molar-refractivity contribution in [3.05, 3.63) is 48.3 Å². The highest BCUT2D eigenvalue weighted by Gasteiger charge is 2.37. The molecule has 0 unspecified atom stereocenters. The lowest BCUT2D eigenvalue weighted by Gasteiger charge is -2.32. The molecular formula is C19H22F3N5O3S. The smallest absolute Gasteiger partial charge is 0.352 e. The number of carbonyl (C=O) groups is 1. The Hall–Kier alpha value is -2.73. The molecule has 1 aromatic heterocycles. The molecule has 2 heterocycles. The maximum atomic E-state index is 13.2. The van der Waals surface area contributed by atoms with Crippen LogP contribution in [0.1, 0.15) is 25.3 Å². The number of hydrogen-bond acceptors (Lipinski definition) is 6. The molecule has 1 amide bonds. The standard InChI is InChI=1S/C19H22F3N5O3S/c1-13(26-31(29,30)16-6-3-2-5-15(16)19(20,21)22)17(28)25-14-7-11-27(12-8-14)18-23-9-4-10-24-18/h2-6,9-10,13-14,26H,7-8,11-12H2,1H3,(H,25,28)/t13-/m0/s1. The van der Waals surface area contributed by atoms with Gasteiger partial charge < -0.3 is 10.2 Å². The van der Waals surface area contributed by atoms with Gasteiger partial charge in [-0.25, -0.2) is 18.4 Å². The third-order valence-electron chi connectivity index (χ3n) is 4.88. The van der Waals surface area contributed by atoms with E-state index in [0.29, 0.717) is 37.9 Å². The number of halogens is 3. The van der Waals surface area contributed by atoms with E-state index < -0.39 is 38.6 Å². The fourth-order valence-electron chi connectivity index (χ4n) is 3.29. The number of piperidine rings is 1. The third-order valence-corrected chi connectivity index (χ3v) is 6.48. The minimum atomic E-state index is -4.84. The van der Waals surface area contributed by atoms with Gasteiger partial charge in [-0.3, -0.25) is 4.79 Å². The number of hydrogen-bond donors (Lipinski definition) is 2. The van der Waals surface area contributed by atoms with Crippen LogP contribution in [0.4, 0.5) is 19.1 Å². The van der Waals surface area contributed by atoms with Crippen LogP contribution in [-0.2, 0) is 21.0 Å². The van der Waals surface area contributed by atoms with E-state index in [2.05, 4.69) is 15.3 Å². The van der Waals surface area contributed by atoms with E-state index >= 15 is 0 Å². The zero-order chi connectivity index (χ0) is 22.6. The number of sulfonamides is 1. The molecule has 2 aromatic rings. The lowest BCUT2D eigenvalue weighted by atomic mass is 10.0. The second kappa shape index (κ2) is 9.18. The molecule has 0 spiro atoms. The predicted octanol–water partition coefficient (Wildman–Crippen LogP) is 1.95. The van der Waals surface area contributed by atoms with Gasteiger partial charge in [0.1, 0.15) is 0 Å². The van der Waals surface area contributed by atoms with Crippen LogP contribution < -0.4 is 14.9 Å². The summed E-state index contributed by atoms with van der Waals surface area (Å²) in [4.78, 5) is 21.9. The molecule has 0 bridgehead atoms. The van der Waals surface area contributed by atoms with Gasteiger partial charge in [0.05, 0.1) is 16.5 Å². The van der Waals surface area contributed by atoms with Crippen molar-refractivity contribution < 1.29 is 26.4 Å². The summed E-state index contributed by atoms with van der Waals surface area (Å²) in [6, 6.07) is 4.11. The zero-order valence-corrected chi connectivity index (χ0v) is 17.4. The molecule has 1 saturated heterocycles. The number of nitrogens with zero attached hydrogens (tertiary/aromatic N) is 3. The van der Waals surface area contributed by atoms with Gasteiger partial charge in [-0.1, -0.05) is 12.1 Å². The van der Waals surface area contributed by atoms with Crippen LogP contribution in [0.3, 0.4) is 0 Å². The lowest BCUT2D eigenvalue weighted by molar-refractivity contribution is -0.139. The van der Waals surface area contributed by atoms with Crippen LogP contribution in [0, 0.1) is 0 Å². The molecule has 31 heavy (non-hydrogen) atoms. The Balaban J connectivity index is 1.59. The van der Waals surface area contributed by atoms with E-state index in [1.54, 1.807) is 18.5 Å². The van der Waals surface area contributed by atoms with Crippen LogP contribution in [0.5, 0.6) is 0 Å². The average molecular weight is 457 g/mol. The van der Waals surface area contributed by atoms with Gasteiger partial charge in [0, 0.05) is 31.5 Å². The molecule has 0 saturated carbocycles. The fraction of sp³-hybridized carbons (Fsp3) is 0.421. The second-order valence-corrected chi connectivity index (χ2v) is 8.84. The maximum Gasteiger partial charge on any atom is 0.417 e. The molecule has 1 aliphatic heterocycles. The van der Waals surface area contributed by atoms with Crippen molar-refractivity contribution in [2.45, 2.75) is 42.9 Å². The summed E-state index contributed by atoms with van der Waals surface area (Å²) < 4.78 is 66.5. The van der Waals surface area contributed by atoms with Crippen molar-refractivity contribution in [3.63, 3.8) is 0 Å². The van der Waals surface area contributed by atoms with Crippen LogP contribution in [0.25, 0.3) is 0 Å². The van der Waals surface area contributed by atoms with Crippen LogP contribution in [-0.4, -0.2) is 49.5 Å². The summed E-state index contributed by atoms with van der Waals surface area (Å²) in [6.07, 6.45) is -0.365. The van der Waals surface area contributed by atoms with E-state index in [1.807, 2.05) is 9.62 Å². The molecule has 0 aliphatic carbocycles. The Labute approximate surface area is 177 Å². The topological polar surface area (TPSA) is 104 Å². The van der Waals surface area contributed by atoms with Gasteiger partial charge in [-0.2, -0.15) is 17.9 Å². The van der Waals surface area contributed by atoms with Gasteiger partial charge in [0.15, 0.2) is 0 Å². The summed E-state index contributed by atoms with van der Waals surface area (Å²) in [6.45, 7) is 2.50. The first-order chi connectivity index (χ1) is 14.6. The highest BCUT2D eigenvalue weighted by molar-refractivity contribution is 7.89. The third kappa shape index (κ3) is 5.70. The first-order valence-electron chi connectivity index (χ1n) is 9.59.